The molecule has 33 heavy (non-hydrogen) atoms. The Morgan fingerprint density at radius 1 is 1.18 bits per heavy atom. The van der Waals surface area contributed by atoms with Crippen molar-refractivity contribution in [1.29, 1.82) is 0 Å². The maximum Gasteiger partial charge on any atom is 0.261 e. The predicted octanol–water partition coefficient (Wildman–Crippen LogP) is 4.48. The van der Waals surface area contributed by atoms with Crippen molar-refractivity contribution >= 4 is 23.5 Å². The van der Waals surface area contributed by atoms with Crippen LogP contribution < -0.4 is 10.5 Å². The topological polar surface area (TPSA) is 77.2 Å². The maximum absolute atomic E-state index is 14.0. The molecule has 1 fully saturated rings. The SMILES string of the molecule is CN1C(=O)C2(CC(C3CCOC(C)(C)C3)Oc3ccc(-c4cc(F)cc(Cl)c4)cc32)N=C1N. The third-order valence-electron chi connectivity index (χ3n) is 6.96. The quantitative estimate of drug-likeness (QED) is 0.700. The van der Waals surface area contributed by atoms with Crippen LogP contribution in [0.1, 0.15) is 38.7 Å². The number of benzene rings is 2. The van der Waals surface area contributed by atoms with Gasteiger partial charge in [-0.1, -0.05) is 17.7 Å². The van der Waals surface area contributed by atoms with Crippen molar-refractivity contribution in [3.05, 3.63) is 52.8 Å². The highest BCUT2D eigenvalue weighted by atomic mass is 35.5. The molecule has 5 rings (SSSR count). The van der Waals surface area contributed by atoms with Gasteiger partial charge in [0.25, 0.3) is 5.91 Å². The van der Waals surface area contributed by atoms with Crippen LogP contribution in [0.4, 0.5) is 4.39 Å². The molecule has 0 saturated carbocycles. The standard InChI is InChI=1S/C25H27ClFN3O3/c1-24(2)12-15(6-7-32-24)21-13-25(22(31)30(3)23(28)29-25)19-10-14(4-5-20(19)33-21)16-8-17(26)11-18(27)9-16/h4-5,8-11,15,21H,6-7,12-13H2,1-3H3,(H2,28,29). The van der Waals surface area contributed by atoms with Crippen LogP contribution in [0, 0.1) is 11.7 Å². The van der Waals surface area contributed by atoms with Gasteiger partial charge in [-0.15, -0.1) is 0 Å². The number of rotatable bonds is 2. The molecule has 2 aromatic carbocycles. The molecule has 0 aliphatic carbocycles. The van der Waals surface area contributed by atoms with Crippen molar-refractivity contribution in [1.82, 2.24) is 4.90 Å². The number of hydrogen-bond acceptors (Lipinski definition) is 5. The summed E-state index contributed by atoms with van der Waals surface area (Å²) in [7, 11) is 1.63. The number of amides is 1. The second-order valence-electron chi connectivity index (χ2n) is 9.78. The fraction of sp³-hybridized carbons (Fsp3) is 0.440. The van der Waals surface area contributed by atoms with Crippen LogP contribution in [0.15, 0.2) is 41.4 Å². The summed E-state index contributed by atoms with van der Waals surface area (Å²) < 4.78 is 26.4. The van der Waals surface area contributed by atoms with E-state index in [4.69, 9.17) is 31.8 Å². The van der Waals surface area contributed by atoms with Crippen LogP contribution in [0.5, 0.6) is 5.75 Å². The average Bonchev–Trinajstić information content (AvgIpc) is 2.96. The van der Waals surface area contributed by atoms with Crippen LogP contribution in [0.25, 0.3) is 11.1 Å². The van der Waals surface area contributed by atoms with E-state index in [9.17, 15) is 9.18 Å². The van der Waals surface area contributed by atoms with E-state index in [0.717, 1.165) is 18.4 Å². The highest BCUT2D eigenvalue weighted by Crippen LogP contribution is 2.49. The van der Waals surface area contributed by atoms with E-state index in [-0.39, 0.29) is 29.5 Å². The number of aliphatic imine (C=N–C) groups is 1. The number of ether oxygens (including phenoxy) is 2. The lowest BCUT2D eigenvalue weighted by atomic mass is 9.74. The number of halogens is 2. The number of nitrogens with zero attached hydrogens (tertiary/aromatic N) is 2. The zero-order valence-electron chi connectivity index (χ0n) is 18.9. The lowest BCUT2D eigenvalue weighted by molar-refractivity contribution is -0.134. The van der Waals surface area contributed by atoms with Gasteiger partial charge in [-0.25, -0.2) is 9.38 Å². The number of guanidine groups is 1. The summed E-state index contributed by atoms with van der Waals surface area (Å²) in [5, 5.41) is 0.301. The third kappa shape index (κ3) is 3.77. The molecule has 1 spiro atoms. The van der Waals surface area contributed by atoms with E-state index < -0.39 is 11.4 Å². The van der Waals surface area contributed by atoms with Crippen molar-refractivity contribution in [2.75, 3.05) is 13.7 Å². The molecule has 2 N–H and O–H groups in total. The highest BCUT2D eigenvalue weighted by molar-refractivity contribution is 6.30. The molecule has 3 aliphatic heterocycles. The van der Waals surface area contributed by atoms with Crippen molar-refractivity contribution in [3.63, 3.8) is 0 Å². The van der Waals surface area contributed by atoms with Gasteiger partial charge in [0.15, 0.2) is 11.5 Å². The number of fused-ring (bicyclic) bond motifs is 2. The molecule has 0 aromatic heterocycles. The first kappa shape index (κ1) is 22.2. The highest BCUT2D eigenvalue weighted by Gasteiger charge is 2.55. The van der Waals surface area contributed by atoms with Gasteiger partial charge in [0, 0.05) is 36.6 Å². The van der Waals surface area contributed by atoms with E-state index in [0.29, 0.717) is 34.9 Å². The fourth-order valence-electron chi connectivity index (χ4n) is 5.33. The first-order chi connectivity index (χ1) is 15.6. The maximum atomic E-state index is 14.0. The van der Waals surface area contributed by atoms with Crippen LogP contribution in [-0.4, -0.2) is 42.1 Å². The monoisotopic (exact) mass is 471 g/mol. The summed E-state index contributed by atoms with van der Waals surface area (Å²) in [5.74, 6) is 0.383. The lowest BCUT2D eigenvalue weighted by Gasteiger charge is -2.44. The zero-order chi connectivity index (χ0) is 23.5. The molecule has 3 atom stereocenters. The largest absolute Gasteiger partial charge is 0.490 e. The van der Waals surface area contributed by atoms with Gasteiger partial charge >= 0.3 is 0 Å². The molecule has 3 heterocycles. The van der Waals surface area contributed by atoms with Gasteiger partial charge in [0.2, 0.25) is 0 Å². The molecule has 0 bridgehead atoms. The van der Waals surface area contributed by atoms with Gasteiger partial charge in [0.1, 0.15) is 17.7 Å². The van der Waals surface area contributed by atoms with E-state index in [1.807, 2.05) is 18.2 Å². The summed E-state index contributed by atoms with van der Waals surface area (Å²) in [6.45, 7) is 4.80. The lowest BCUT2D eigenvalue weighted by Crippen LogP contribution is -2.49. The second kappa shape index (κ2) is 7.71. The van der Waals surface area contributed by atoms with Crippen LogP contribution in [0.2, 0.25) is 5.02 Å². The molecule has 2 aromatic rings. The molecule has 3 unspecified atom stereocenters. The zero-order valence-corrected chi connectivity index (χ0v) is 19.7. The van der Waals surface area contributed by atoms with E-state index >= 15 is 0 Å². The minimum atomic E-state index is -1.17. The average molecular weight is 472 g/mol. The second-order valence-corrected chi connectivity index (χ2v) is 10.2. The Bertz CT molecular complexity index is 1150. The number of likely N-dealkylation sites (N-methyl/N-ethyl adjacent to an activating group) is 1. The van der Waals surface area contributed by atoms with Crippen molar-refractivity contribution in [3.8, 4) is 16.9 Å². The first-order valence-corrected chi connectivity index (χ1v) is 11.5. The van der Waals surface area contributed by atoms with Crippen LogP contribution in [0.3, 0.4) is 0 Å². The van der Waals surface area contributed by atoms with Crippen LogP contribution >= 0.6 is 11.6 Å². The molecule has 6 nitrogen and oxygen atoms in total. The molecule has 1 amide bonds. The van der Waals surface area contributed by atoms with Gasteiger partial charge in [0.05, 0.1) is 5.60 Å². The van der Waals surface area contributed by atoms with E-state index in [2.05, 4.69) is 13.8 Å². The molecule has 174 valence electrons. The minimum absolute atomic E-state index is 0.179. The van der Waals surface area contributed by atoms with E-state index in [1.165, 1.54) is 17.0 Å². The number of nitrogens with two attached hydrogens (primary N) is 1. The molecule has 0 radical (unpaired) electrons. The molecule has 8 heteroatoms. The first-order valence-electron chi connectivity index (χ1n) is 11.1. The Morgan fingerprint density at radius 3 is 2.64 bits per heavy atom. The smallest absolute Gasteiger partial charge is 0.261 e. The van der Waals surface area contributed by atoms with E-state index in [1.54, 1.807) is 13.1 Å². The Morgan fingerprint density at radius 2 is 1.97 bits per heavy atom. The number of carbonyl (C=O) groups is 1. The summed E-state index contributed by atoms with van der Waals surface area (Å²) in [4.78, 5) is 19.6. The Hall–Kier alpha value is -2.64. The van der Waals surface area contributed by atoms with Gasteiger partial charge in [-0.2, -0.15) is 0 Å². The molecular weight excluding hydrogens is 445 g/mol. The Balaban J connectivity index is 1.61. The van der Waals surface area contributed by atoms with Crippen molar-refractivity contribution in [2.45, 2.75) is 50.4 Å². The summed E-state index contributed by atoms with van der Waals surface area (Å²) in [6, 6.07) is 9.89. The van der Waals surface area contributed by atoms with Gasteiger partial charge in [-0.3, -0.25) is 9.69 Å². The minimum Gasteiger partial charge on any atom is -0.490 e. The normalized spacial score (nSPS) is 28.5. The Labute approximate surface area is 197 Å². The molecular formula is C25H27ClFN3O3. The summed E-state index contributed by atoms with van der Waals surface area (Å²) in [6.07, 6.45) is 1.86. The summed E-state index contributed by atoms with van der Waals surface area (Å²) >= 11 is 6.08. The predicted molar refractivity (Wildman–Crippen MR) is 125 cm³/mol. The Kier molecular flexibility index (Phi) is 5.18. The third-order valence-corrected chi connectivity index (χ3v) is 7.18. The van der Waals surface area contributed by atoms with Crippen molar-refractivity contribution in [2.24, 2.45) is 16.6 Å². The van der Waals surface area contributed by atoms with Crippen molar-refractivity contribution < 1.29 is 18.7 Å². The summed E-state index contributed by atoms with van der Waals surface area (Å²) in [5.41, 5.74) is 6.66. The van der Waals surface area contributed by atoms with Crippen LogP contribution in [-0.2, 0) is 15.1 Å². The number of carbonyl (C=O) groups excluding carboxylic acids is 1. The number of hydrogen-bond donors (Lipinski definition) is 1. The molecule has 3 aliphatic rings. The fourth-order valence-corrected chi connectivity index (χ4v) is 5.55. The van der Waals surface area contributed by atoms with Gasteiger partial charge in [-0.05, 0) is 68.1 Å². The van der Waals surface area contributed by atoms with Gasteiger partial charge < -0.3 is 15.2 Å². The molecule has 1 saturated heterocycles.